The number of carbonyl (C=O) groups excluding carboxylic acids is 2. The smallest absolute Gasteiger partial charge is 0.276 e. The maximum absolute atomic E-state index is 12.7. The molecule has 4 saturated carbocycles. The van der Waals surface area contributed by atoms with Crippen molar-refractivity contribution in [2.24, 2.45) is 23.2 Å². The number of hydrogen-bond donors (Lipinski definition) is 2. The molecule has 5 nitrogen and oxygen atoms in total. The molecule has 0 saturated heterocycles. The van der Waals surface area contributed by atoms with Crippen LogP contribution >= 0.6 is 11.6 Å². The Kier molecular flexibility index (Phi) is 4.36. The van der Waals surface area contributed by atoms with Crippen molar-refractivity contribution in [3.8, 4) is 5.75 Å². The Hall–Kier alpha value is -1.75. The summed E-state index contributed by atoms with van der Waals surface area (Å²) in [6.07, 6.45) is 6.75. The van der Waals surface area contributed by atoms with Gasteiger partial charge in [0.25, 0.3) is 5.91 Å². The maximum atomic E-state index is 12.7. The molecule has 134 valence electrons. The second kappa shape index (κ2) is 6.52. The zero-order valence-electron chi connectivity index (χ0n) is 14.1. The number of halogens is 1. The summed E-state index contributed by atoms with van der Waals surface area (Å²) < 4.78 is 5.38. The molecule has 0 unspecified atom stereocenters. The average Bonchev–Trinajstić information content (AvgIpc) is 2.57. The molecule has 2 N–H and O–H groups in total. The second-order valence-electron chi connectivity index (χ2n) is 7.92. The first-order valence-corrected chi connectivity index (χ1v) is 9.38. The van der Waals surface area contributed by atoms with Gasteiger partial charge in [0.05, 0.1) is 10.4 Å². The van der Waals surface area contributed by atoms with Crippen molar-refractivity contribution in [2.75, 3.05) is 6.61 Å². The number of hydrazine groups is 1. The van der Waals surface area contributed by atoms with Gasteiger partial charge >= 0.3 is 0 Å². The number of nitrogens with one attached hydrogen (secondary N) is 2. The molecule has 5 rings (SSSR count). The van der Waals surface area contributed by atoms with Gasteiger partial charge in [-0.05, 0) is 68.4 Å². The largest absolute Gasteiger partial charge is 0.482 e. The molecule has 0 aliphatic heterocycles. The van der Waals surface area contributed by atoms with Crippen LogP contribution in [-0.2, 0) is 9.59 Å². The third kappa shape index (κ3) is 3.34. The van der Waals surface area contributed by atoms with E-state index >= 15 is 0 Å². The zero-order valence-corrected chi connectivity index (χ0v) is 14.8. The van der Waals surface area contributed by atoms with Gasteiger partial charge in [0.1, 0.15) is 5.75 Å². The first kappa shape index (κ1) is 16.7. The monoisotopic (exact) mass is 362 g/mol. The van der Waals surface area contributed by atoms with Crippen LogP contribution in [0.5, 0.6) is 5.75 Å². The highest BCUT2D eigenvalue weighted by molar-refractivity contribution is 6.32. The highest BCUT2D eigenvalue weighted by atomic mass is 35.5. The normalized spacial score (nSPS) is 32.3. The van der Waals surface area contributed by atoms with Gasteiger partial charge in [0.2, 0.25) is 5.91 Å². The van der Waals surface area contributed by atoms with Crippen molar-refractivity contribution in [3.63, 3.8) is 0 Å². The number of carbonyl (C=O) groups is 2. The molecule has 1 aromatic rings. The molecular weight excluding hydrogens is 340 g/mol. The Labute approximate surface area is 152 Å². The molecular formula is C19H23ClN2O3. The van der Waals surface area contributed by atoms with Gasteiger partial charge in [0, 0.05) is 0 Å². The highest BCUT2D eigenvalue weighted by Gasteiger charge is 2.54. The van der Waals surface area contributed by atoms with E-state index in [1.54, 1.807) is 24.3 Å². The predicted molar refractivity (Wildman–Crippen MR) is 93.8 cm³/mol. The Morgan fingerprint density at radius 2 is 1.64 bits per heavy atom. The number of benzene rings is 1. The lowest BCUT2D eigenvalue weighted by Crippen LogP contribution is -2.57. The Bertz CT molecular complexity index is 656. The SMILES string of the molecule is O=C(COc1ccccc1Cl)NNC(=O)C12CC3CC(CC(C3)C1)C2. The fourth-order valence-corrected chi connectivity index (χ4v) is 5.58. The predicted octanol–water partition coefficient (Wildman–Crippen LogP) is 3.08. The van der Waals surface area contributed by atoms with Crippen LogP contribution in [-0.4, -0.2) is 18.4 Å². The van der Waals surface area contributed by atoms with Gasteiger partial charge < -0.3 is 4.74 Å². The number of para-hydroxylation sites is 1. The summed E-state index contributed by atoms with van der Waals surface area (Å²) in [6.45, 7) is -0.190. The van der Waals surface area contributed by atoms with Crippen molar-refractivity contribution in [1.82, 2.24) is 10.9 Å². The van der Waals surface area contributed by atoms with E-state index in [1.165, 1.54) is 19.3 Å². The molecule has 2 amide bonds. The molecule has 4 aliphatic carbocycles. The molecule has 4 fully saturated rings. The molecule has 4 bridgehead atoms. The summed E-state index contributed by atoms with van der Waals surface area (Å²) in [5.41, 5.74) is 4.86. The number of rotatable bonds is 4. The van der Waals surface area contributed by atoms with Crippen LogP contribution in [0.25, 0.3) is 0 Å². The van der Waals surface area contributed by atoms with E-state index in [0.29, 0.717) is 28.5 Å². The van der Waals surface area contributed by atoms with Crippen molar-refractivity contribution < 1.29 is 14.3 Å². The van der Waals surface area contributed by atoms with Crippen molar-refractivity contribution >= 4 is 23.4 Å². The molecule has 0 heterocycles. The lowest BCUT2D eigenvalue weighted by atomic mass is 9.49. The topological polar surface area (TPSA) is 67.4 Å². The third-order valence-corrected chi connectivity index (χ3v) is 6.34. The molecule has 0 aromatic heterocycles. The van der Waals surface area contributed by atoms with E-state index in [-0.39, 0.29) is 17.9 Å². The molecule has 25 heavy (non-hydrogen) atoms. The van der Waals surface area contributed by atoms with Crippen molar-refractivity contribution in [1.29, 1.82) is 0 Å². The molecule has 4 aliphatic rings. The fraction of sp³-hybridized carbons (Fsp3) is 0.579. The Balaban J connectivity index is 1.29. The van der Waals surface area contributed by atoms with Crippen LogP contribution in [0.2, 0.25) is 5.02 Å². The van der Waals surface area contributed by atoms with E-state index in [9.17, 15) is 9.59 Å². The summed E-state index contributed by atoms with van der Waals surface area (Å²) in [4.78, 5) is 24.7. The van der Waals surface area contributed by atoms with Gasteiger partial charge in [-0.1, -0.05) is 23.7 Å². The average molecular weight is 363 g/mol. The third-order valence-electron chi connectivity index (χ3n) is 6.03. The Morgan fingerprint density at radius 3 is 2.24 bits per heavy atom. The summed E-state index contributed by atoms with van der Waals surface area (Å²) in [7, 11) is 0. The van der Waals surface area contributed by atoms with Crippen LogP contribution in [0.1, 0.15) is 38.5 Å². The minimum atomic E-state index is -0.391. The van der Waals surface area contributed by atoms with Crippen molar-refractivity contribution in [2.45, 2.75) is 38.5 Å². The molecule has 1 aromatic carbocycles. The molecule has 0 atom stereocenters. The van der Waals surface area contributed by atoms with E-state index in [1.807, 2.05) is 0 Å². The van der Waals surface area contributed by atoms with E-state index in [2.05, 4.69) is 10.9 Å². The lowest BCUT2D eigenvalue weighted by molar-refractivity contribution is -0.149. The van der Waals surface area contributed by atoms with Crippen LogP contribution in [0.3, 0.4) is 0 Å². The minimum absolute atomic E-state index is 0.0299. The first-order chi connectivity index (χ1) is 12.0. The van der Waals surface area contributed by atoms with E-state index in [0.717, 1.165) is 19.3 Å². The minimum Gasteiger partial charge on any atom is -0.482 e. The van der Waals surface area contributed by atoms with Gasteiger partial charge in [-0.3, -0.25) is 20.4 Å². The molecule has 0 radical (unpaired) electrons. The number of ether oxygens (including phenoxy) is 1. The summed E-state index contributed by atoms with van der Waals surface area (Å²) in [6, 6.07) is 6.97. The fourth-order valence-electron chi connectivity index (χ4n) is 5.39. The number of amides is 2. The molecule has 6 heteroatoms. The van der Waals surface area contributed by atoms with Crippen LogP contribution in [0.15, 0.2) is 24.3 Å². The van der Waals surface area contributed by atoms with Crippen LogP contribution < -0.4 is 15.6 Å². The van der Waals surface area contributed by atoms with E-state index < -0.39 is 5.91 Å². The number of hydrogen-bond acceptors (Lipinski definition) is 3. The van der Waals surface area contributed by atoms with Crippen LogP contribution in [0.4, 0.5) is 0 Å². The van der Waals surface area contributed by atoms with Crippen LogP contribution in [0, 0.1) is 23.2 Å². The quantitative estimate of drug-likeness (QED) is 0.809. The summed E-state index contributed by atoms with van der Waals surface area (Å²) in [5.74, 6) is 2.10. The second-order valence-corrected chi connectivity index (χ2v) is 8.33. The summed E-state index contributed by atoms with van der Waals surface area (Å²) >= 11 is 5.99. The summed E-state index contributed by atoms with van der Waals surface area (Å²) in [5, 5.41) is 0.452. The first-order valence-electron chi connectivity index (χ1n) is 9.01. The van der Waals surface area contributed by atoms with Gasteiger partial charge in [-0.2, -0.15) is 0 Å². The zero-order chi connectivity index (χ0) is 17.4. The van der Waals surface area contributed by atoms with E-state index in [4.69, 9.17) is 16.3 Å². The Morgan fingerprint density at radius 1 is 1.04 bits per heavy atom. The highest BCUT2D eigenvalue weighted by Crippen LogP contribution is 2.60. The molecule has 0 spiro atoms. The lowest BCUT2D eigenvalue weighted by Gasteiger charge is -2.55. The van der Waals surface area contributed by atoms with Crippen molar-refractivity contribution in [3.05, 3.63) is 29.3 Å². The standard InChI is InChI=1S/C19H23ClN2O3/c20-15-3-1-2-4-16(15)25-11-17(23)21-22-18(24)19-8-12-5-13(9-19)7-14(6-12)10-19/h1-4,12-14H,5-11H2,(H,21,23)(H,22,24). The van der Waals surface area contributed by atoms with Gasteiger partial charge in [-0.15, -0.1) is 0 Å². The van der Waals surface area contributed by atoms with Gasteiger partial charge in [-0.25, -0.2) is 0 Å². The van der Waals surface area contributed by atoms with Gasteiger partial charge in [0.15, 0.2) is 6.61 Å². The maximum Gasteiger partial charge on any atom is 0.276 e.